The van der Waals surface area contributed by atoms with E-state index in [-0.39, 0.29) is 0 Å². The fraction of sp³-hybridized carbons (Fsp3) is 0.136. The first kappa shape index (κ1) is 22.7. The Hall–Kier alpha value is -3.98. The molecule has 0 atom stereocenters. The molecule has 1 heterocycles. The first-order chi connectivity index (χ1) is 15.3. The van der Waals surface area contributed by atoms with Crippen LogP contribution in [0.4, 0.5) is 5.69 Å². The molecule has 0 aliphatic heterocycles. The van der Waals surface area contributed by atoms with Crippen LogP contribution in [0, 0.1) is 6.92 Å². The maximum Gasteiger partial charge on any atom is 0.363 e. The summed E-state index contributed by atoms with van der Waals surface area (Å²) in [5, 5.41) is 7.12. The second kappa shape index (κ2) is 9.88. The smallest absolute Gasteiger partial charge is 0.363 e. The minimum Gasteiger partial charge on any atom is -0.465 e. The van der Waals surface area contributed by atoms with E-state index in [9.17, 15) is 19.2 Å². The molecule has 10 heteroatoms. The van der Waals surface area contributed by atoms with Gasteiger partial charge in [-0.1, -0.05) is 11.6 Å². The Morgan fingerprint density at radius 3 is 2.31 bits per heavy atom. The van der Waals surface area contributed by atoms with Gasteiger partial charge in [0.2, 0.25) is 11.1 Å². The zero-order valence-corrected chi connectivity index (χ0v) is 17.9. The van der Waals surface area contributed by atoms with Crippen molar-refractivity contribution in [2.75, 3.05) is 19.0 Å². The van der Waals surface area contributed by atoms with Crippen molar-refractivity contribution >= 4 is 35.1 Å². The molecule has 0 unspecified atom stereocenters. The van der Waals surface area contributed by atoms with Gasteiger partial charge in [-0.25, -0.2) is 14.3 Å². The largest absolute Gasteiger partial charge is 0.465 e. The normalized spacial score (nSPS) is 10.3. The van der Waals surface area contributed by atoms with Crippen LogP contribution in [-0.2, 0) is 14.3 Å². The number of carbonyl (C=O) groups excluding carboxylic acids is 3. The number of hydrogen-bond donors (Lipinski definition) is 1. The summed E-state index contributed by atoms with van der Waals surface area (Å²) in [5.41, 5.74) is 0.713. The van der Waals surface area contributed by atoms with Crippen molar-refractivity contribution in [2.45, 2.75) is 6.92 Å². The van der Waals surface area contributed by atoms with Crippen molar-refractivity contribution in [3.05, 3.63) is 86.8 Å². The van der Waals surface area contributed by atoms with Crippen molar-refractivity contribution in [1.82, 2.24) is 9.78 Å². The van der Waals surface area contributed by atoms with Gasteiger partial charge in [0, 0.05) is 22.5 Å². The maximum atomic E-state index is 12.4. The number of nitrogens with zero attached hydrogens (tertiary/aromatic N) is 2. The van der Waals surface area contributed by atoms with E-state index in [0.29, 0.717) is 27.7 Å². The van der Waals surface area contributed by atoms with Crippen LogP contribution in [0.1, 0.15) is 26.5 Å². The minimum atomic E-state index is -1.03. The number of rotatable bonds is 6. The highest BCUT2D eigenvalue weighted by atomic mass is 35.5. The highest BCUT2D eigenvalue weighted by molar-refractivity contribution is 6.30. The number of hydrogen-bond acceptors (Lipinski definition) is 7. The molecule has 3 rings (SSSR count). The molecule has 1 N–H and O–H groups in total. The first-order valence-corrected chi connectivity index (χ1v) is 9.68. The molecule has 1 aromatic heterocycles. The Bertz CT molecular complexity index is 1220. The monoisotopic (exact) mass is 455 g/mol. The Morgan fingerprint density at radius 2 is 1.69 bits per heavy atom. The van der Waals surface area contributed by atoms with Gasteiger partial charge in [-0.2, -0.15) is 5.10 Å². The first-order valence-electron chi connectivity index (χ1n) is 9.31. The molecule has 9 nitrogen and oxygen atoms in total. The van der Waals surface area contributed by atoms with E-state index in [0.717, 1.165) is 0 Å². The van der Waals surface area contributed by atoms with E-state index in [2.05, 4.69) is 15.2 Å². The zero-order chi connectivity index (χ0) is 23.3. The summed E-state index contributed by atoms with van der Waals surface area (Å²) in [6, 6.07) is 13.9. The summed E-state index contributed by atoms with van der Waals surface area (Å²) >= 11 is 5.89. The number of aromatic nitrogens is 2. The molecule has 0 saturated heterocycles. The lowest BCUT2D eigenvalue weighted by Crippen LogP contribution is -2.27. The highest BCUT2D eigenvalue weighted by Gasteiger charge is 2.18. The van der Waals surface area contributed by atoms with Crippen LogP contribution in [0.2, 0.25) is 5.02 Å². The van der Waals surface area contributed by atoms with E-state index in [1.165, 1.54) is 42.1 Å². The maximum absolute atomic E-state index is 12.4. The van der Waals surface area contributed by atoms with Crippen LogP contribution in [0.25, 0.3) is 5.69 Å². The summed E-state index contributed by atoms with van der Waals surface area (Å²) in [6.45, 7) is 1.03. The Balaban J connectivity index is 1.67. The third kappa shape index (κ3) is 5.38. The van der Waals surface area contributed by atoms with Gasteiger partial charge < -0.3 is 14.8 Å². The van der Waals surface area contributed by atoms with Crippen molar-refractivity contribution in [3.63, 3.8) is 0 Å². The molecular formula is C22H18ClN3O6. The molecule has 32 heavy (non-hydrogen) atoms. The number of carbonyl (C=O) groups is 3. The van der Waals surface area contributed by atoms with Crippen molar-refractivity contribution in [1.29, 1.82) is 0 Å². The SMILES string of the molecule is COC(=O)c1ccc(NC(=O)COC(=O)c2nn(-c3ccc(Cl)cc3)c(C)cc2=O)cc1. The number of methoxy groups -OCH3 is 1. The lowest BCUT2D eigenvalue weighted by molar-refractivity contribution is -0.119. The molecule has 0 saturated carbocycles. The molecule has 0 bridgehead atoms. The molecule has 2 aromatic carbocycles. The van der Waals surface area contributed by atoms with Crippen molar-refractivity contribution in [3.8, 4) is 5.69 Å². The van der Waals surface area contributed by atoms with Gasteiger partial charge in [-0.15, -0.1) is 0 Å². The number of esters is 2. The highest BCUT2D eigenvalue weighted by Crippen LogP contribution is 2.14. The van der Waals surface area contributed by atoms with Gasteiger partial charge in [-0.3, -0.25) is 9.59 Å². The number of amides is 1. The number of ether oxygens (including phenoxy) is 2. The molecule has 0 spiro atoms. The van der Waals surface area contributed by atoms with E-state index >= 15 is 0 Å². The van der Waals surface area contributed by atoms with Crippen molar-refractivity contribution in [2.24, 2.45) is 0 Å². The number of halogens is 1. The molecule has 0 aliphatic carbocycles. The molecule has 0 fully saturated rings. The van der Waals surface area contributed by atoms with Gasteiger partial charge in [-0.05, 0) is 55.5 Å². The minimum absolute atomic E-state index is 0.319. The molecule has 0 aliphatic rings. The Morgan fingerprint density at radius 1 is 1.03 bits per heavy atom. The summed E-state index contributed by atoms with van der Waals surface area (Å²) in [4.78, 5) is 48.1. The van der Waals surface area contributed by atoms with Crippen LogP contribution in [0.3, 0.4) is 0 Å². The lowest BCUT2D eigenvalue weighted by atomic mass is 10.2. The topological polar surface area (TPSA) is 117 Å². The van der Waals surface area contributed by atoms with Crippen LogP contribution < -0.4 is 10.7 Å². The lowest BCUT2D eigenvalue weighted by Gasteiger charge is -2.11. The van der Waals surface area contributed by atoms with Gasteiger partial charge in [0.15, 0.2) is 6.61 Å². The summed E-state index contributed by atoms with van der Waals surface area (Å²) in [5.74, 6) is -2.17. The molecule has 0 radical (unpaired) electrons. The predicted octanol–water partition coefficient (Wildman–Crippen LogP) is 2.78. The molecule has 1 amide bonds. The van der Waals surface area contributed by atoms with Gasteiger partial charge in [0.05, 0.1) is 18.4 Å². The Kier molecular flexibility index (Phi) is 7.01. The van der Waals surface area contributed by atoms with Crippen molar-refractivity contribution < 1.29 is 23.9 Å². The fourth-order valence-electron chi connectivity index (χ4n) is 2.74. The van der Waals surface area contributed by atoms with Gasteiger partial charge in [0.25, 0.3) is 5.91 Å². The quantitative estimate of drug-likeness (QED) is 0.568. The second-order valence-corrected chi connectivity index (χ2v) is 7.02. The third-order valence-corrected chi connectivity index (χ3v) is 4.55. The molecule has 3 aromatic rings. The predicted molar refractivity (Wildman–Crippen MR) is 116 cm³/mol. The third-order valence-electron chi connectivity index (χ3n) is 4.30. The molecular weight excluding hydrogens is 438 g/mol. The summed E-state index contributed by atoms with van der Waals surface area (Å²) in [7, 11) is 1.26. The molecule has 164 valence electrons. The fourth-order valence-corrected chi connectivity index (χ4v) is 2.86. The number of nitrogens with one attached hydrogen (secondary N) is 1. The average Bonchev–Trinajstić information content (AvgIpc) is 2.78. The van der Waals surface area contributed by atoms with E-state index < -0.39 is 35.6 Å². The van der Waals surface area contributed by atoms with Crippen LogP contribution in [0.15, 0.2) is 59.4 Å². The van der Waals surface area contributed by atoms with Crippen LogP contribution in [-0.4, -0.2) is 41.3 Å². The number of anilines is 1. The summed E-state index contributed by atoms with van der Waals surface area (Å²) < 4.78 is 11.0. The van der Waals surface area contributed by atoms with Gasteiger partial charge in [0.1, 0.15) is 0 Å². The zero-order valence-electron chi connectivity index (χ0n) is 17.1. The number of aryl methyl sites for hydroxylation is 1. The summed E-state index contributed by atoms with van der Waals surface area (Å²) in [6.07, 6.45) is 0. The second-order valence-electron chi connectivity index (χ2n) is 6.58. The Labute approximate surface area is 187 Å². The van der Waals surface area contributed by atoms with E-state index in [1.807, 2.05) is 0 Å². The number of benzene rings is 2. The van der Waals surface area contributed by atoms with E-state index in [4.69, 9.17) is 16.3 Å². The standard InChI is InChI=1S/C22H18ClN3O6/c1-13-11-18(27)20(25-26(13)17-9-5-15(23)6-10-17)22(30)32-12-19(28)24-16-7-3-14(4-8-16)21(29)31-2/h3-11H,12H2,1-2H3,(H,24,28). The van der Waals surface area contributed by atoms with Crippen LogP contribution in [0.5, 0.6) is 0 Å². The van der Waals surface area contributed by atoms with E-state index in [1.54, 1.807) is 31.2 Å². The van der Waals surface area contributed by atoms with Gasteiger partial charge >= 0.3 is 11.9 Å². The average molecular weight is 456 g/mol. The van der Waals surface area contributed by atoms with Crippen LogP contribution >= 0.6 is 11.6 Å².